The van der Waals surface area contributed by atoms with Crippen molar-refractivity contribution in [2.45, 2.75) is 6.42 Å². The monoisotopic (exact) mass is 189 g/mol. The number of ether oxygens (including phenoxy) is 1. The van der Waals surface area contributed by atoms with Crippen molar-refractivity contribution in [1.29, 1.82) is 0 Å². The van der Waals surface area contributed by atoms with Crippen molar-refractivity contribution in [2.75, 3.05) is 26.3 Å². The molecule has 6 nitrogen and oxygen atoms in total. The van der Waals surface area contributed by atoms with Crippen LogP contribution in [0.3, 0.4) is 0 Å². The topological polar surface area (TPSA) is 76.1 Å². The molecule has 1 N–H and O–H groups in total. The summed E-state index contributed by atoms with van der Waals surface area (Å²) in [6, 6.07) is 0. The van der Waals surface area contributed by atoms with E-state index < -0.39 is 18.4 Å². The Hall–Kier alpha value is -1.14. The second kappa shape index (κ2) is 4.78. The Morgan fingerprint density at radius 2 is 2.00 bits per heavy atom. The molecule has 0 aliphatic carbocycles. The first-order valence-corrected chi connectivity index (χ1v) is 3.94. The molecule has 13 heavy (non-hydrogen) atoms. The van der Waals surface area contributed by atoms with Crippen LogP contribution >= 0.6 is 0 Å². The Kier molecular flexibility index (Phi) is 3.66. The maximum absolute atomic E-state index is 10.8. The van der Waals surface area contributed by atoms with E-state index in [9.17, 15) is 9.59 Å². The van der Waals surface area contributed by atoms with Crippen LogP contribution in [0.25, 0.3) is 0 Å². The molecular formula is C7H11NO5. The molecule has 1 saturated heterocycles. The van der Waals surface area contributed by atoms with E-state index in [2.05, 4.69) is 0 Å². The van der Waals surface area contributed by atoms with Gasteiger partial charge in [0.15, 0.2) is 0 Å². The first-order chi connectivity index (χ1) is 6.18. The molecule has 0 amide bonds. The summed E-state index contributed by atoms with van der Waals surface area (Å²) in [5, 5.41) is 9.68. The van der Waals surface area contributed by atoms with Crippen molar-refractivity contribution in [3.63, 3.8) is 0 Å². The summed E-state index contributed by atoms with van der Waals surface area (Å²) in [5.41, 5.74) is 0. The van der Waals surface area contributed by atoms with Crippen molar-refractivity contribution in [1.82, 2.24) is 5.06 Å². The van der Waals surface area contributed by atoms with Crippen LogP contribution in [-0.2, 0) is 19.2 Å². The van der Waals surface area contributed by atoms with Crippen LogP contribution in [0.5, 0.6) is 0 Å². The zero-order chi connectivity index (χ0) is 9.68. The number of rotatable bonds is 3. The van der Waals surface area contributed by atoms with Gasteiger partial charge < -0.3 is 14.7 Å². The molecule has 0 aromatic heterocycles. The van der Waals surface area contributed by atoms with Crippen molar-refractivity contribution in [3.05, 3.63) is 0 Å². The standard InChI is InChI=1S/C7H11NO5/c9-6(10)5-7(11)13-8-1-3-12-4-2-8/h1-5H2,(H,9,10). The van der Waals surface area contributed by atoms with Gasteiger partial charge in [-0.25, -0.2) is 4.79 Å². The number of carbonyl (C=O) groups excluding carboxylic acids is 1. The first-order valence-electron chi connectivity index (χ1n) is 3.94. The summed E-state index contributed by atoms with van der Waals surface area (Å²) in [7, 11) is 0. The van der Waals surface area contributed by atoms with Gasteiger partial charge in [0.1, 0.15) is 6.42 Å². The number of hydroxylamine groups is 2. The van der Waals surface area contributed by atoms with Gasteiger partial charge in [0.2, 0.25) is 0 Å². The molecule has 1 fully saturated rings. The zero-order valence-corrected chi connectivity index (χ0v) is 7.06. The largest absolute Gasteiger partial charge is 0.481 e. The van der Waals surface area contributed by atoms with Crippen LogP contribution in [0.2, 0.25) is 0 Å². The third kappa shape index (κ3) is 3.86. The Morgan fingerprint density at radius 1 is 1.38 bits per heavy atom. The molecule has 0 aromatic rings. The third-order valence-corrected chi connectivity index (χ3v) is 1.50. The molecule has 0 aromatic carbocycles. The summed E-state index contributed by atoms with van der Waals surface area (Å²) in [6.07, 6.45) is -0.600. The predicted octanol–water partition coefficient (Wildman–Crippen LogP) is -0.748. The van der Waals surface area contributed by atoms with E-state index in [-0.39, 0.29) is 0 Å². The highest BCUT2D eigenvalue weighted by atomic mass is 16.7. The Labute approximate surface area is 75.0 Å². The number of hydrogen-bond acceptors (Lipinski definition) is 5. The van der Waals surface area contributed by atoms with Crippen molar-refractivity contribution >= 4 is 11.9 Å². The highest BCUT2D eigenvalue weighted by Gasteiger charge is 2.17. The number of morpholine rings is 1. The smallest absolute Gasteiger partial charge is 0.336 e. The maximum Gasteiger partial charge on any atom is 0.336 e. The van der Waals surface area contributed by atoms with Crippen LogP contribution in [0.1, 0.15) is 6.42 Å². The molecule has 1 aliphatic heterocycles. The van der Waals surface area contributed by atoms with Crippen molar-refractivity contribution in [2.24, 2.45) is 0 Å². The minimum Gasteiger partial charge on any atom is -0.481 e. The normalized spacial score (nSPS) is 18.2. The van der Waals surface area contributed by atoms with E-state index in [1.54, 1.807) is 0 Å². The van der Waals surface area contributed by atoms with E-state index in [4.69, 9.17) is 14.7 Å². The van der Waals surface area contributed by atoms with Gasteiger partial charge in [-0.1, -0.05) is 0 Å². The average molecular weight is 189 g/mol. The molecule has 0 spiro atoms. The maximum atomic E-state index is 10.8. The fourth-order valence-corrected chi connectivity index (χ4v) is 0.938. The minimum atomic E-state index is -1.18. The van der Waals surface area contributed by atoms with Crippen molar-refractivity contribution < 1.29 is 24.3 Å². The molecule has 1 heterocycles. The lowest BCUT2D eigenvalue weighted by atomic mass is 10.4. The van der Waals surface area contributed by atoms with E-state index in [1.165, 1.54) is 5.06 Å². The van der Waals surface area contributed by atoms with Crippen LogP contribution in [0.4, 0.5) is 0 Å². The molecule has 1 rings (SSSR count). The molecule has 6 heteroatoms. The number of nitrogens with zero attached hydrogens (tertiary/aromatic N) is 1. The van der Waals surface area contributed by atoms with Crippen LogP contribution < -0.4 is 0 Å². The summed E-state index contributed by atoms with van der Waals surface area (Å²) in [4.78, 5) is 25.7. The molecule has 0 saturated carbocycles. The molecule has 0 unspecified atom stereocenters. The fourth-order valence-electron chi connectivity index (χ4n) is 0.938. The molecule has 0 radical (unpaired) electrons. The van der Waals surface area contributed by atoms with Gasteiger partial charge in [0.25, 0.3) is 0 Å². The van der Waals surface area contributed by atoms with Gasteiger partial charge in [-0.15, -0.1) is 5.06 Å². The Morgan fingerprint density at radius 3 is 2.54 bits per heavy atom. The lowest BCUT2D eigenvalue weighted by Gasteiger charge is -2.24. The van der Waals surface area contributed by atoms with Crippen LogP contribution in [0, 0.1) is 0 Å². The second-order valence-corrected chi connectivity index (χ2v) is 2.58. The summed E-state index contributed by atoms with van der Waals surface area (Å²) >= 11 is 0. The molecule has 0 atom stereocenters. The van der Waals surface area contributed by atoms with E-state index in [0.29, 0.717) is 26.3 Å². The fraction of sp³-hybridized carbons (Fsp3) is 0.714. The highest BCUT2D eigenvalue weighted by molar-refractivity contribution is 5.89. The van der Waals surface area contributed by atoms with Gasteiger partial charge >= 0.3 is 11.9 Å². The first kappa shape index (κ1) is 9.94. The molecular weight excluding hydrogens is 178 g/mol. The van der Waals surface area contributed by atoms with Gasteiger partial charge in [-0.05, 0) is 0 Å². The van der Waals surface area contributed by atoms with Gasteiger partial charge in [0, 0.05) is 0 Å². The van der Waals surface area contributed by atoms with Gasteiger partial charge in [0.05, 0.1) is 26.3 Å². The van der Waals surface area contributed by atoms with E-state index in [1.807, 2.05) is 0 Å². The summed E-state index contributed by atoms with van der Waals surface area (Å²) in [6.45, 7) is 1.98. The lowest BCUT2D eigenvalue weighted by molar-refractivity contribution is -0.205. The minimum absolute atomic E-state index is 0.491. The molecule has 0 bridgehead atoms. The SMILES string of the molecule is O=C(O)CC(=O)ON1CCOCC1. The second-order valence-electron chi connectivity index (χ2n) is 2.58. The van der Waals surface area contributed by atoms with E-state index in [0.717, 1.165) is 0 Å². The average Bonchev–Trinajstić information content (AvgIpc) is 2.04. The number of hydrogen-bond donors (Lipinski definition) is 1. The number of carbonyl (C=O) groups is 2. The molecule has 74 valence electrons. The number of carboxylic acid groups (broad SMARTS) is 1. The van der Waals surface area contributed by atoms with Gasteiger partial charge in [-0.2, -0.15) is 0 Å². The zero-order valence-electron chi connectivity index (χ0n) is 7.06. The predicted molar refractivity (Wildman–Crippen MR) is 40.7 cm³/mol. The summed E-state index contributed by atoms with van der Waals surface area (Å²) in [5.74, 6) is -1.92. The lowest BCUT2D eigenvalue weighted by Crippen LogP contribution is -2.38. The third-order valence-electron chi connectivity index (χ3n) is 1.50. The van der Waals surface area contributed by atoms with Crippen LogP contribution in [0.15, 0.2) is 0 Å². The Balaban J connectivity index is 2.22. The highest BCUT2D eigenvalue weighted by Crippen LogP contribution is 1.99. The Bertz CT molecular complexity index is 199. The van der Waals surface area contributed by atoms with Gasteiger partial charge in [-0.3, -0.25) is 4.79 Å². The number of carboxylic acids is 1. The summed E-state index contributed by atoms with van der Waals surface area (Å²) < 4.78 is 5.01. The quantitative estimate of drug-likeness (QED) is 0.589. The van der Waals surface area contributed by atoms with Crippen molar-refractivity contribution in [3.8, 4) is 0 Å². The number of aliphatic carboxylic acids is 1. The van der Waals surface area contributed by atoms with Crippen LogP contribution in [-0.4, -0.2) is 48.4 Å². The van der Waals surface area contributed by atoms with E-state index >= 15 is 0 Å². The molecule has 1 aliphatic rings.